The van der Waals surface area contributed by atoms with Gasteiger partial charge in [0.25, 0.3) is 0 Å². The molecule has 0 aliphatic rings. The van der Waals surface area contributed by atoms with E-state index in [9.17, 15) is 0 Å². The van der Waals surface area contributed by atoms with Crippen LogP contribution in [0.5, 0.6) is 0 Å². The van der Waals surface area contributed by atoms with Gasteiger partial charge in [-0.2, -0.15) is 0 Å². The molecule has 0 radical (unpaired) electrons. The van der Waals surface area contributed by atoms with Gasteiger partial charge in [0.05, 0.1) is 5.39 Å². The normalized spacial score (nSPS) is 11.2. The molecule has 20 heavy (non-hydrogen) atoms. The smallest absolute Gasteiger partial charge is 0.181 e. The first-order valence-electron chi connectivity index (χ1n) is 6.58. The largest absolute Gasteiger partial charge is 0.383 e. The number of nitrogens with zero attached hydrogens (tertiary/aromatic N) is 3. The van der Waals surface area contributed by atoms with Crippen molar-refractivity contribution in [1.29, 1.82) is 0 Å². The average molecular weight is 284 g/mol. The second-order valence-corrected chi connectivity index (χ2v) is 6.01. The lowest BCUT2D eigenvalue weighted by atomic mass is 10.1. The molecule has 0 fully saturated rings. The minimum atomic E-state index is 0.530. The van der Waals surface area contributed by atoms with Crippen molar-refractivity contribution >= 4 is 27.4 Å². The number of pyridine rings is 1. The molecule has 0 saturated heterocycles. The summed E-state index contributed by atoms with van der Waals surface area (Å²) in [6.07, 6.45) is 2.82. The fraction of sp³-hybridized carbons (Fsp3) is 0.267. The van der Waals surface area contributed by atoms with Crippen molar-refractivity contribution < 1.29 is 0 Å². The molecular weight excluding hydrogens is 268 g/mol. The SMILES string of the molecule is CCc1cc2c(N)nc(-c3ncc(C)cc3C)nc2s1. The van der Waals surface area contributed by atoms with E-state index in [1.807, 2.05) is 20.0 Å². The minimum Gasteiger partial charge on any atom is -0.383 e. The molecule has 0 spiro atoms. The molecule has 0 aliphatic heterocycles. The molecule has 3 aromatic rings. The van der Waals surface area contributed by atoms with Crippen molar-refractivity contribution in [2.75, 3.05) is 5.73 Å². The molecule has 0 aliphatic carbocycles. The molecule has 5 heteroatoms. The number of anilines is 1. The lowest BCUT2D eigenvalue weighted by Gasteiger charge is -2.05. The highest BCUT2D eigenvalue weighted by molar-refractivity contribution is 7.18. The molecule has 0 aromatic carbocycles. The van der Waals surface area contributed by atoms with Gasteiger partial charge in [-0.05, 0) is 37.5 Å². The van der Waals surface area contributed by atoms with Crippen LogP contribution in [-0.4, -0.2) is 15.0 Å². The summed E-state index contributed by atoms with van der Waals surface area (Å²) in [7, 11) is 0. The van der Waals surface area contributed by atoms with E-state index in [0.29, 0.717) is 11.6 Å². The zero-order valence-electron chi connectivity index (χ0n) is 11.8. The monoisotopic (exact) mass is 284 g/mol. The number of nitrogens with two attached hydrogens (primary N) is 1. The number of nitrogen functional groups attached to an aromatic ring is 1. The van der Waals surface area contributed by atoms with Gasteiger partial charge in [-0.3, -0.25) is 4.98 Å². The van der Waals surface area contributed by atoms with Crippen molar-refractivity contribution in [2.45, 2.75) is 27.2 Å². The number of rotatable bonds is 2. The van der Waals surface area contributed by atoms with Gasteiger partial charge in [0, 0.05) is 11.1 Å². The zero-order valence-corrected chi connectivity index (χ0v) is 12.6. The zero-order chi connectivity index (χ0) is 14.3. The fourth-order valence-electron chi connectivity index (χ4n) is 2.22. The highest BCUT2D eigenvalue weighted by atomic mass is 32.1. The molecule has 102 valence electrons. The number of aryl methyl sites for hydroxylation is 3. The maximum Gasteiger partial charge on any atom is 0.181 e. The van der Waals surface area contributed by atoms with Crippen molar-refractivity contribution in [3.63, 3.8) is 0 Å². The molecule has 3 aromatic heterocycles. The van der Waals surface area contributed by atoms with Gasteiger partial charge in [0.15, 0.2) is 5.82 Å². The lowest BCUT2D eigenvalue weighted by Crippen LogP contribution is -1.99. The molecule has 0 unspecified atom stereocenters. The molecule has 0 bridgehead atoms. The van der Waals surface area contributed by atoms with Gasteiger partial charge in [-0.15, -0.1) is 11.3 Å². The van der Waals surface area contributed by atoms with E-state index in [-0.39, 0.29) is 0 Å². The van der Waals surface area contributed by atoms with Crippen molar-refractivity contribution in [3.8, 4) is 11.5 Å². The maximum absolute atomic E-state index is 6.07. The van der Waals surface area contributed by atoms with E-state index >= 15 is 0 Å². The summed E-state index contributed by atoms with van der Waals surface area (Å²) in [4.78, 5) is 15.7. The Hall–Kier alpha value is -2.01. The summed E-state index contributed by atoms with van der Waals surface area (Å²) in [6, 6.07) is 4.16. The number of aromatic nitrogens is 3. The van der Waals surface area contributed by atoms with E-state index in [1.54, 1.807) is 11.3 Å². The van der Waals surface area contributed by atoms with Crippen LogP contribution >= 0.6 is 11.3 Å². The summed E-state index contributed by atoms with van der Waals surface area (Å²) >= 11 is 1.67. The first-order chi connectivity index (χ1) is 9.58. The summed E-state index contributed by atoms with van der Waals surface area (Å²) in [5.41, 5.74) is 9.07. The average Bonchev–Trinajstić information content (AvgIpc) is 2.82. The van der Waals surface area contributed by atoms with Crippen LogP contribution in [0.4, 0.5) is 5.82 Å². The Morgan fingerprint density at radius 2 is 2.00 bits per heavy atom. The van der Waals surface area contributed by atoms with Gasteiger partial charge in [-0.25, -0.2) is 9.97 Å². The quantitative estimate of drug-likeness (QED) is 0.782. The molecular formula is C15H16N4S. The van der Waals surface area contributed by atoms with Crippen LogP contribution < -0.4 is 5.73 Å². The standard InChI is InChI=1S/C15H16N4S/c1-4-10-6-11-13(16)18-14(19-15(11)20-10)12-9(3)5-8(2)7-17-12/h5-7H,4H2,1-3H3,(H2,16,18,19). The predicted octanol–water partition coefficient (Wildman–Crippen LogP) is 3.51. The Bertz CT molecular complexity index is 792. The number of hydrogen-bond acceptors (Lipinski definition) is 5. The number of fused-ring (bicyclic) bond motifs is 1. The molecule has 3 heterocycles. The van der Waals surface area contributed by atoms with E-state index < -0.39 is 0 Å². The van der Waals surface area contributed by atoms with Crippen LogP contribution in [0, 0.1) is 13.8 Å². The van der Waals surface area contributed by atoms with Gasteiger partial charge in [0.2, 0.25) is 0 Å². The van der Waals surface area contributed by atoms with Crippen LogP contribution in [0.25, 0.3) is 21.7 Å². The molecule has 2 N–H and O–H groups in total. The van der Waals surface area contributed by atoms with E-state index in [2.05, 4.69) is 34.0 Å². The Morgan fingerprint density at radius 3 is 2.70 bits per heavy atom. The summed E-state index contributed by atoms with van der Waals surface area (Å²) < 4.78 is 0. The van der Waals surface area contributed by atoms with Crippen LogP contribution in [0.2, 0.25) is 0 Å². The molecule has 3 rings (SSSR count). The van der Waals surface area contributed by atoms with Crippen molar-refractivity contribution in [3.05, 3.63) is 34.3 Å². The molecule has 0 atom stereocenters. The third-order valence-corrected chi connectivity index (χ3v) is 4.42. The van der Waals surface area contributed by atoms with Gasteiger partial charge in [0.1, 0.15) is 16.3 Å². The Labute approximate surface area is 121 Å². The van der Waals surface area contributed by atoms with E-state index in [4.69, 9.17) is 5.73 Å². The minimum absolute atomic E-state index is 0.530. The van der Waals surface area contributed by atoms with Crippen LogP contribution in [-0.2, 0) is 6.42 Å². The van der Waals surface area contributed by atoms with Gasteiger partial charge < -0.3 is 5.73 Å². The van der Waals surface area contributed by atoms with E-state index in [0.717, 1.165) is 33.5 Å². The molecule has 0 amide bonds. The first kappa shape index (κ1) is 13.0. The second-order valence-electron chi connectivity index (χ2n) is 4.90. The Morgan fingerprint density at radius 1 is 1.20 bits per heavy atom. The van der Waals surface area contributed by atoms with Crippen LogP contribution in [0.15, 0.2) is 18.3 Å². The van der Waals surface area contributed by atoms with Crippen molar-refractivity contribution in [2.24, 2.45) is 0 Å². The third-order valence-electron chi connectivity index (χ3n) is 3.25. The van der Waals surface area contributed by atoms with Crippen LogP contribution in [0.3, 0.4) is 0 Å². The predicted molar refractivity (Wildman–Crippen MR) is 83.9 cm³/mol. The van der Waals surface area contributed by atoms with Crippen molar-refractivity contribution in [1.82, 2.24) is 15.0 Å². The Kier molecular flexibility index (Phi) is 3.14. The second kappa shape index (κ2) is 4.83. The topological polar surface area (TPSA) is 64.7 Å². The lowest BCUT2D eigenvalue weighted by molar-refractivity contribution is 1.15. The first-order valence-corrected chi connectivity index (χ1v) is 7.39. The number of hydrogen-bond donors (Lipinski definition) is 1. The van der Waals surface area contributed by atoms with Crippen LogP contribution in [0.1, 0.15) is 22.9 Å². The van der Waals surface area contributed by atoms with E-state index in [1.165, 1.54) is 4.88 Å². The summed E-state index contributed by atoms with van der Waals surface area (Å²) in [5.74, 6) is 1.14. The highest BCUT2D eigenvalue weighted by Crippen LogP contribution is 2.30. The fourth-order valence-corrected chi connectivity index (χ4v) is 3.20. The maximum atomic E-state index is 6.07. The molecule has 0 saturated carbocycles. The molecule has 4 nitrogen and oxygen atoms in total. The highest BCUT2D eigenvalue weighted by Gasteiger charge is 2.13. The van der Waals surface area contributed by atoms with Gasteiger partial charge >= 0.3 is 0 Å². The Balaban J connectivity index is 2.21. The summed E-state index contributed by atoms with van der Waals surface area (Å²) in [6.45, 7) is 6.17. The summed E-state index contributed by atoms with van der Waals surface area (Å²) in [5, 5.41) is 0.945. The third kappa shape index (κ3) is 2.14. The van der Waals surface area contributed by atoms with Gasteiger partial charge in [-0.1, -0.05) is 13.0 Å². The number of thiophene rings is 1.